The van der Waals surface area contributed by atoms with Gasteiger partial charge in [-0.15, -0.1) is 0 Å². The van der Waals surface area contributed by atoms with E-state index < -0.39 is 0 Å². The fraction of sp³-hybridized carbons (Fsp3) is 0.368. The Bertz CT molecular complexity index is 507. The topological polar surface area (TPSA) is 3.24 Å². The van der Waals surface area contributed by atoms with E-state index in [2.05, 4.69) is 79.5 Å². The van der Waals surface area contributed by atoms with Crippen LogP contribution in [0.2, 0.25) is 0 Å². The van der Waals surface area contributed by atoms with Crippen LogP contribution in [0.4, 0.5) is 0 Å². The van der Waals surface area contributed by atoms with Crippen LogP contribution in [0.15, 0.2) is 60.7 Å². The molecule has 1 atom stereocenters. The molecule has 0 saturated carbocycles. The van der Waals surface area contributed by atoms with Gasteiger partial charge in [-0.1, -0.05) is 67.6 Å². The third-order valence-electron chi connectivity index (χ3n) is 4.85. The largest absolute Gasteiger partial charge is 0.302 e. The van der Waals surface area contributed by atoms with Gasteiger partial charge in [-0.3, -0.25) is 0 Å². The van der Waals surface area contributed by atoms with Crippen LogP contribution in [0.25, 0.3) is 0 Å². The number of benzene rings is 2. The van der Waals surface area contributed by atoms with E-state index in [-0.39, 0.29) is 5.41 Å². The first-order chi connectivity index (χ1) is 9.76. The minimum Gasteiger partial charge on any atom is -0.302 e. The molecular formula is C19H23N. The van der Waals surface area contributed by atoms with Crippen molar-refractivity contribution in [3.63, 3.8) is 0 Å². The summed E-state index contributed by atoms with van der Waals surface area (Å²) in [6.07, 6.45) is 2.44. The number of hydrogen-bond donors (Lipinski definition) is 0. The minimum atomic E-state index is 0.151. The summed E-state index contributed by atoms with van der Waals surface area (Å²) < 4.78 is 0. The second kappa shape index (κ2) is 5.41. The Morgan fingerprint density at radius 2 is 1.45 bits per heavy atom. The van der Waals surface area contributed by atoms with Crippen molar-refractivity contribution >= 4 is 0 Å². The summed E-state index contributed by atoms with van der Waals surface area (Å²) >= 11 is 0. The number of likely N-dealkylation sites (tertiary alicyclic amines) is 1. The first kappa shape index (κ1) is 13.4. The van der Waals surface area contributed by atoms with Crippen LogP contribution in [0.5, 0.6) is 0 Å². The van der Waals surface area contributed by atoms with Crippen LogP contribution in [-0.2, 0) is 5.41 Å². The van der Waals surface area contributed by atoms with Gasteiger partial charge in [0.1, 0.15) is 0 Å². The molecule has 0 aromatic heterocycles. The maximum absolute atomic E-state index is 2.53. The lowest BCUT2D eigenvalue weighted by Gasteiger charge is -2.30. The van der Waals surface area contributed by atoms with E-state index in [0.29, 0.717) is 6.04 Å². The van der Waals surface area contributed by atoms with Crippen molar-refractivity contribution in [2.45, 2.75) is 31.2 Å². The van der Waals surface area contributed by atoms with Gasteiger partial charge in [0.15, 0.2) is 0 Å². The van der Waals surface area contributed by atoms with E-state index in [1.165, 1.54) is 24.0 Å². The fourth-order valence-electron chi connectivity index (χ4n) is 3.73. The predicted octanol–water partition coefficient (Wildman–Crippen LogP) is 4.09. The molecule has 0 N–H and O–H groups in total. The molecule has 0 radical (unpaired) electrons. The molecule has 1 saturated heterocycles. The van der Waals surface area contributed by atoms with Gasteiger partial charge in [-0.25, -0.2) is 0 Å². The number of hydrogen-bond acceptors (Lipinski definition) is 1. The van der Waals surface area contributed by atoms with E-state index in [0.717, 1.165) is 6.54 Å². The number of rotatable bonds is 3. The molecule has 2 aromatic carbocycles. The van der Waals surface area contributed by atoms with Gasteiger partial charge in [0.25, 0.3) is 0 Å². The van der Waals surface area contributed by atoms with Crippen molar-refractivity contribution in [3.8, 4) is 0 Å². The Labute approximate surface area is 122 Å². The predicted molar refractivity (Wildman–Crippen MR) is 85.0 cm³/mol. The average Bonchev–Trinajstić information content (AvgIpc) is 2.87. The van der Waals surface area contributed by atoms with Crippen molar-refractivity contribution in [2.24, 2.45) is 0 Å². The molecule has 0 aliphatic carbocycles. The normalized spacial score (nSPS) is 22.0. The molecule has 1 unspecified atom stereocenters. The molecule has 0 bridgehead atoms. The summed E-state index contributed by atoms with van der Waals surface area (Å²) in [5.41, 5.74) is 3.06. The van der Waals surface area contributed by atoms with E-state index in [1.54, 1.807) is 0 Å². The first-order valence-electron chi connectivity index (χ1n) is 7.57. The maximum Gasteiger partial charge on any atom is 0.0344 e. The molecule has 1 aliphatic rings. The highest BCUT2D eigenvalue weighted by molar-refractivity contribution is 5.41. The molecule has 0 amide bonds. The SMILES string of the molecule is CCC1CC(c2ccccc2)(c2ccccc2)CN1C. The highest BCUT2D eigenvalue weighted by atomic mass is 15.2. The molecular weight excluding hydrogens is 242 g/mol. The summed E-state index contributed by atoms with van der Waals surface area (Å²) in [5.74, 6) is 0. The monoisotopic (exact) mass is 265 g/mol. The Balaban J connectivity index is 2.10. The lowest BCUT2D eigenvalue weighted by molar-refractivity contribution is 0.300. The Morgan fingerprint density at radius 1 is 0.950 bits per heavy atom. The molecule has 2 aromatic rings. The van der Waals surface area contributed by atoms with Crippen LogP contribution in [0.1, 0.15) is 30.9 Å². The van der Waals surface area contributed by atoms with Crippen molar-refractivity contribution in [2.75, 3.05) is 13.6 Å². The van der Waals surface area contributed by atoms with Crippen molar-refractivity contribution in [3.05, 3.63) is 71.8 Å². The Kier molecular flexibility index (Phi) is 3.62. The fourth-order valence-corrected chi connectivity index (χ4v) is 3.73. The molecule has 1 heteroatoms. The van der Waals surface area contributed by atoms with Crippen LogP contribution in [-0.4, -0.2) is 24.5 Å². The lowest BCUT2D eigenvalue weighted by atomic mass is 9.73. The molecule has 104 valence electrons. The van der Waals surface area contributed by atoms with Crippen molar-refractivity contribution in [1.82, 2.24) is 4.90 Å². The standard InChI is InChI=1S/C19H23N/c1-3-18-14-19(15-20(18)2,16-10-6-4-7-11-16)17-12-8-5-9-13-17/h4-13,18H,3,14-15H2,1-2H3. The first-order valence-corrected chi connectivity index (χ1v) is 7.57. The van der Waals surface area contributed by atoms with Crippen LogP contribution in [0.3, 0.4) is 0 Å². The summed E-state index contributed by atoms with van der Waals surface area (Å²) in [4.78, 5) is 2.53. The highest BCUT2D eigenvalue weighted by Crippen LogP contribution is 2.43. The quantitative estimate of drug-likeness (QED) is 0.808. The van der Waals surface area contributed by atoms with E-state index in [1.807, 2.05) is 0 Å². The summed E-state index contributed by atoms with van der Waals surface area (Å²) in [7, 11) is 2.27. The van der Waals surface area contributed by atoms with Gasteiger partial charge in [-0.2, -0.15) is 0 Å². The molecule has 0 spiro atoms. The zero-order valence-electron chi connectivity index (χ0n) is 12.4. The maximum atomic E-state index is 2.53. The smallest absolute Gasteiger partial charge is 0.0344 e. The molecule has 1 heterocycles. The van der Waals surface area contributed by atoms with Crippen molar-refractivity contribution in [1.29, 1.82) is 0 Å². The molecule has 1 aliphatic heterocycles. The van der Waals surface area contributed by atoms with Gasteiger partial charge in [0.05, 0.1) is 0 Å². The Morgan fingerprint density at radius 3 is 1.85 bits per heavy atom. The van der Waals surface area contributed by atoms with Crippen LogP contribution < -0.4 is 0 Å². The van der Waals surface area contributed by atoms with E-state index in [4.69, 9.17) is 0 Å². The third-order valence-corrected chi connectivity index (χ3v) is 4.85. The minimum absolute atomic E-state index is 0.151. The highest BCUT2D eigenvalue weighted by Gasteiger charge is 2.43. The van der Waals surface area contributed by atoms with E-state index in [9.17, 15) is 0 Å². The number of likely N-dealkylation sites (N-methyl/N-ethyl adjacent to an activating group) is 1. The number of nitrogens with zero attached hydrogens (tertiary/aromatic N) is 1. The second-order valence-corrected chi connectivity index (χ2v) is 6.00. The lowest BCUT2D eigenvalue weighted by Crippen LogP contribution is -2.31. The Hall–Kier alpha value is -1.60. The molecule has 1 fully saturated rings. The van der Waals surface area contributed by atoms with Crippen molar-refractivity contribution < 1.29 is 0 Å². The average molecular weight is 265 g/mol. The summed E-state index contributed by atoms with van der Waals surface area (Å²) in [6.45, 7) is 3.41. The van der Waals surface area contributed by atoms with Crippen LogP contribution in [0, 0.1) is 0 Å². The van der Waals surface area contributed by atoms with Crippen LogP contribution >= 0.6 is 0 Å². The van der Waals surface area contributed by atoms with E-state index >= 15 is 0 Å². The zero-order valence-corrected chi connectivity index (χ0v) is 12.4. The van der Waals surface area contributed by atoms with Gasteiger partial charge < -0.3 is 4.90 Å². The summed E-state index contributed by atoms with van der Waals surface area (Å²) in [6, 6.07) is 22.7. The molecule has 1 nitrogen and oxygen atoms in total. The third kappa shape index (κ3) is 2.16. The van der Waals surface area contributed by atoms with Gasteiger partial charge in [0.2, 0.25) is 0 Å². The van der Waals surface area contributed by atoms with Gasteiger partial charge in [0, 0.05) is 18.0 Å². The van der Waals surface area contributed by atoms with Gasteiger partial charge in [-0.05, 0) is 31.0 Å². The molecule has 20 heavy (non-hydrogen) atoms. The second-order valence-electron chi connectivity index (χ2n) is 6.00. The summed E-state index contributed by atoms with van der Waals surface area (Å²) in [5, 5.41) is 0. The van der Waals surface area contributed by atoms with Gasteiger partial charge >= 0.3 is 0 Å². The zero-order chi connectivity index (χ0) is 14.0. The molecule has 3 rings (SSSR count).